The SMILES string of the molecule is COc1cc(/C=C/C(=O)Nc2cnc3ccc([N+](=O)[O-])cc3c2-c2ccccc2)cc(OC)c1O. The molecular formula is C26H21N3O6. The maximum atomic E-state index is 12.8. The predicted octanol–water partition coefficient (Wildman–Crippen LogP) is 5.18. The summed E-state index contributed by atoms with van der Waals surface area (Å²) in [5.74, 6) is -0.174. The average Bonchev–Trinajstić information content (AvgIpc) is 2.88. The highest BCUT2D eigenvalue weighted by molar-refractivity contribution is 6.09. The van der Waals surface area contributed by atoms with Gasteiger partial charge in [0.2, 0.25) is 11.7 Å². The first-order chi connectivity index (χ1) is 16.9. The van der Waals surface area contributed by atoms with Gasteiger partial charge in [-0.1, -0.05) is 30.3 Å². The van der Waals surface area contributed by atoms with Gasteiger partial charge in [-0.25, -0.2) is 0 Å². The number of non-ortho nitro benzene ring substituents is 1. The van der Waals surface area contributed by atoms with Gasteiger partial charge in [0, 0.05) is 29.2 Å². The fourth-order valence-corrected chi connectivity index (χ4v) is 3.66. The van der Waals surface area contributed by atoms with E-state index in [2.05, 4.69) is 10.3 Å². The second kappa shape index (κ2) is 9.92. The van der Waals surface area contributed by atoms with E-state index >= 15 is 0 Å². The van der Waals surface area contributed by atoms with Gasteiger partial charge < -0.3 is 19.9 Å². The molecule has 176 valence electrons. The van der Waals surface area contributed by atoms with E-state index in [9.17, 15) is 20.0 Å². The Balaban J connectivity index is 1.72. The van der Waals surface area contributed by atoms with Gasteiger partial charge in [-0.15, -0.1) is 0 Å². The molecule has 0 aliphatic carbocycles. The molecule has 3 aromatic carbocycles. The number of nitrogens with zero attached hydrogens (tertiary/aromatic N) is 2. The summed E-state index contributed by atoms with van der Waals surface area (Å²) in [6.07, 6.45) is 4.38. The number of amides is 1. The van der Waals surface area contributed by atoms with Crippen LogP contribution in [-0.4, -0.2) is 35.1 Å². The molecule has 0 fully saturated rings. The maximum Gasteiger partial charge on any atom is 0.270 e. The van der Waals surface area contributed by atoms with Gasteiger partial charge in [-0.3, -0.25) is 19.9 Å². The number of aromatic nitrogens is 1. The third kappa shape index (κ3) is 4.88. The molecule has 9 heteroatoms. The summed E-state index contributed by atoms with van der Waals surface area (Å²) < 4.78 is 10.3. The minimum Gasteiger partial charge on any atom is -0.502 e. The normalized spacial score (nSPS) is 10.9. The van der Waals surface area contributed by atoms with Crippen molar-refractivity contribution in [2.75, 3.05) is 19.5 Å². The molecule has 4 rings (SSSR count). The molecular weight excluding hydrogens is 450 g/mol. The molecule has 1 heterocycles. The Labute approximate surface area is 200 Å². The lowest BCUT2D eigenvalue weighted by Crippen LogP contribution is -2.09. The number of fused-ring (bicyclic) bond motifs is 1. The van der Waals surface area contributed by atoms with Crippen LogP contribution >= 0.6 is 0 Å². The van der Waals surface area contributed by atoms with Crippen LogP contribution in [0.4, 0.5) is 11.4 Å². The van der Waals surface area contributed by atoms with Crippen molar-refractivity contribution < 1.29 is 24.3 Å². The van der Waals surface area contributed by atoms with Crippen LogP contribution in [-0.2, 0) is 4.79 Å². The van der Waals surface area contributed by atoms with Crippen molar-refractivity contribution in [3.05, 3.63) is 88.6 Å². The van der Waals surface area contributed by atoms with Crippen LogP contribution in [0, 0.1) is 10.1 Å². The van der Waals surface area contributed by atoms with E-state index in [1.807, 2.05) is 30.3 Å². The van der Waals surface area contributed by atoms with Gasteiger partial charge in [-0.2, -0.15) is 0 Å². The molecule has 9 nitrogen and oxygen atoms in total. The molecule has 0 unspecified atom stereocenters. The standard InChI is InChI=1S/C26H21N3O6/c1-34-22-12-16(13-23(35-2)26(22)31)8-11-24(30)28-21-15-27-20-10-9-18(29(32)33)14-19(20)25(21)17-6-4-3-5-7-17/h3-15,31H,1-2H3,(H,28,30)/b11-8+. The summed E-state index contributed by atoms with van der Waals surface area (Å²) in [5.41, 5.74) is 2.85. The van der Waals surface area contributed by atoms with E-state index in [1.165, 1.54) is 38.6 Å². The van der Waals surface area contributed by atoms with E-state index < -0.39 is 10.8 Å². The van der Waals surface area contributed by atoms with Crippen LogP contribution in [0.5, 0.6) is 17.2 Å². The molecule has 2 N–H and O–H groups in total. The first-order valence-corrected chi connectivity index (χ1v) is 10.5. The number of benzene rings is 3. The molecule has 1 aromatic heterocycles. The second-order valence-corrected chi connectivity index (χ2v) is 7.47. The maximum absolute atomic E-state index is 12.8. The number of anilines is 1. The van der Waals surface area contributed by atoms with Crippen LogP contribution in [0.2, 0.25) is 0 Å². The number of phenols is 1. The first-order valence-electron chi connectivity index (χ1n) is 10.5. The van der Waals surface area contributed by atoms with Crippen LogP contribution in [0.15, 0.2) is 72.9 Å². The number of methoxy groups -OCH3 is 2. The van der Waals surface area contributed by atoms with Crippen molar-refractivity contribution in [3.63, 3.8) is 0 Å². The zero-order valence-electron chi connectivity index (χ0n) is 18.9. The Hall–Kier alpha value is -4.92. The van der Waals surface area contributed by atoms with E-state index in [0.717, 1.165) is 5.56 Å². The molecule has 0 bridgehead atoms. The summed E-state index contributed by atoms with van der Waals surface area (Å²) in [5, 5.41) is 24.8. The van der Waals surface area contributed by atoms with Crippen molar-refractivity contribution in [2.45, 2.75) is 0 Å². The van der Waals surface area contributed by atoms with Gasteiger partial charge >= 0.3 is 0 Å². The van der Waals surface area contributed by atoms with Crippen molar-refractivity contribution in [3.8, 4) is 28.4 Å². The van der Waals surface area contributed by atoms with Gasteiger partial charge in [0.1, 0.15) is 0 Å². The van der Waals surface area contributed by atoms with Crippen molar-refractivity contribution in [1.29, 1.82) is 0 Å². The monoisotopic (exact) mass is 471 g/mol. The third-order valence-electron chi connectivity index (χ3n) is 5.31. The number of hydrogen-bond donors (Lipinski definition) is 2. The van der Waals surface area contributed by atoms with Gasteiger partial charge in [-0.05, 0) is 35.4 Å². The molecule has 1 amide bonds. The van der Waals surface area contributed by atoms with Gasteiger partial charge in [0.05, 0.1) is 36.5 Å². The van der Waals surface area contributed by atoms with Crippen molar-refractivity contribution in [1.82, 2.24) is 4.98 Å². The van der Waals surface area contributed by atoms with E-state index in [4.69, 9.17) is 9.47 Å². The number of nitro groups is 1. The number of phenolic OH excluding ortho intramolecular Hbond substituents is 1. The van der Waals surface area contributed by atoms with E-state index in [0.29, 0.717) is 27.7 Å². The molecule has 4 aromatic rings. The molecule has 0 atom stereocenters. The molecule has 0 aliphatic rings. The van der Waals surface area contributed by atoms with Crippen molar-refractivity contribution in [2.24, 2.45) is 0 Å². The fraction of sp³-hybridized carbons (Fsp3) is 0.0769. The Morgan fingerprint density at radius 2 is 1.74 bits per heavy atom. The van der Waals surface area contributed by atoms with E-state index in [-0.39, 0.29) is 22.9 Å². The molecule has 0 saturated heterocycles. The number of aromatic hydroxyl groups is 1. The lowest BCUT2D eigenvalue weighted by Gasteiger charge is -2.13. The highest BCUT2D eigenvalue weighted by Gasteiger charge is 2.16. The quantitative estimate of drug-likeness (QED) is 0.216. The topological polar surface area (TPSA) is 124 Å². The Kier molecular flexibility index (Phi) is 6.59. The lowest BCUT2D eigenvalue weighted by atomic mass is 9.99. The van der Waals surface area contributed by atoms with Crippen LogP contribution in [0.1, 0.15) is 5.56 Å². The number of rotatable bonds is 7. The molecule has 35 heavy (non-hydrogen) atoms. The smallest absolute Gasteiger partial charge is 0.270 e. The van der Waals surface area contributed by atoms with E-state index in [1.54, 1.807) is 24.3 Å². The highest BCUT2D eigenvalue weighted by Crippen LogP contribution is 2.38. The lowest BCUT2D eigenvalue weighted by molar-refractivity contribution is -0.384. The first kappa shape index (κ1) is 23.2. The fourth-order valence-electron chi connectivity index (χ4n) is 3.66. The minimum atomic E-state index is -0.470. The third-order valence-corrected chi connectivity index (χ3v) is 5.31. The zero-order chi connectivity index (χ0) is 24.9. The Morgan fingerprint density at radius 3 is 2.37 bits per heavy atom. The summed E-state index contributed by atoms with van der Waals surface area (Å²) >= 11 is 0. The average molecular weight is 471 g/mol. The number of nitro benzene ring substituents is 1. The summed E-state index contributed by atoms with van der Waals surface area (Å²) in [6.45, 7) is 0. The second-order valence-electron chi connectivity index (χ2n) is 7.47. The van der Waals surface area contributed by atoms with Crippen molar-refractivity contribution >= 4 is 34.3 Å². The number of carbonyl (C=O) groups is 1. The largest absolute Gasteiger partial charge is 0.502 e. The predicted molar refractivity (Wildman–Crippen MR) is 133 cm³/mol. The summed E-state index contributed by atoms with van der Waals surface area (Å²) in [7, 11) is 2.83. The van der Waals surface area contributed by atoms with Crippen LogP contribution < -0.4 is 14.8 Å². The highest BCUT2D eigenvalue weighted by atomic mass is 16.6. The number of carbonyl (C=O) groups excluding carboxylic acids is 1. The summed E-state index contributed by atoms with van der Waals surface area (Å²) in [6, 6.07) is 16.8. The van der Waals surface area contributed by atoms with Crippen LogP contribution in [0.25, 0.3) is 28.1 Å². The molecule has 0 aliphatic heterocycles. The van der Waals surface area contributed by atoms with Gasteiger partial charge in [0.25, 0.3) is 5.69 Å². The summed E-state index contributed by atoms with van der Waals surface area (Å²) in [4.78, 5) is 28.1. The minimum absolute atomic E-state index is 0.0740. The number of hydrogen-bond acceptors (Lipinski definition) is 7. The molecule has 0 spiro atoms. The van der Waals surface area contributed by atoms with Crippen LogP contribution in [0.3, 0.4) is 0 Å². The molecule has 0 saturated carbocycles. The number of nitrogens with one attached hydrogen (secondary N) is 1. The Bertz CT molecular complexity index is 1430. The van der Waals surface area contributed by atoms with Gasteiger partial charge in [0.15, 0.2) is 11.5 Å². The molecule has 0 radical (unpaired) electrons. The Morgan fingerprint density at radius 1 is 1.06 bits per heavy atom. The number of pyridine rings is 1. The number of ether oxygens (including phenoxy) is 2. The zero-order valence-corrected chi connectivity index (χ0v) is 18.9.